The lowest BCUT2D eigenvalue weighted by molar-refractivity contribution is 0.102. The molecule has 1 N–H and O–H groups in total. The molecule has 1 aromatic heterocycles. The Bertz CT molecular complexity index is 1240. The molecule has 7 nitrogen and oxygen atoms in total. The number of benzene rings is 2. The second kappa shape index (κ2) is 9.84. The Labute approximate surface area is 198 Å². The van der Waals surface area contributed by atoms with Crippen molar-refractivity contribution in [3.05, 3.63) is 65.0 Å². The summed E-state index contributed by atoms with van der Waals surface area (Å²) >= 11 is 1.21. The molecular weight excluding hydrogens is 460 g/mol. The molecule has 9 heteroatoms. The third-order valence-electron chi connectivity index (χ3n) is 5.26. The average Bonchev–Trinajstić information content (AvgIpc) is 3.36. The van der Waals surface area contributed by atoms with Crippen molar-refractivity contribution in [2.24, 2.45) is 0 Å². The largest absolute Gasteiger partial charge is 0.490 e. The van der Waals surface area contributed by atoms with Gasteiger partial charge in [-0.25, -0.2) is 8.42 Å². The van der Waals surface area contributed by atoms with Crippen molar-refractivity contribution in [3.63, 3.8) is 0 Å². The predicted octanol–water partition coefficient (Wildman–Crippen LogP) is 4.94. The van der Waals surface area contributed by atoms with Gasteiger partial charge >= 0.3 is 0 Å². The molecule has 0 fully saturated rings. The molecule has 0 bridgehead atoms. The molecule has 174 valence electrons. The van der Waals surface area contributed by atoms with Gasteiger partial charge in [0, 0.05) is 17.8 Å². The summed E-state index contributed by atoms with van der Waals surface area (Å²) in [5.41, 5.74) is 2.61. The van der Waals surface area contributed by atoms with Crippen molar-refractivity contribution in [1.82, 2.24) is 0 Å². The fourth-order valence-corrected chi connectivity index (χ4v) is 6.45. The van der Waals surface area contributed by atoms with Crippen molar-refractivity contribution in [3.8, 4) is 11.5 Å². The number of amides is 1. The lowest BCUT2D eigenvalue weighted by Crippen LogP contribution is -2.35. The fourth-order valence-electron chi connectivity index (χ4n) is 3.80. The maximum atomic E-state index is 13.1. The molecule has 0 atom stereocenters. The van der Waals surface area contributed by atoms with Crippen molar-refractivity contribution in [2.75, 3.05) is 29.4 Å². The Morgan fingerprint density at radius 3 is 2.58 bits per heavy atom. The molecule has 0 saturated heterocycles. The van der Waals surface area contributed by atoms with E-state index in [4.69, 9.17) is 9.47 Å². The molecule has 0 radical (unpaired) electrons. The second-order valence-electron chi connectivity index (χ2n) is 7.44. The average molecular weight is 487 g/mol. The number of ether oxygens (including phenoxy) is 2. The minimum atomic E-state index is -3.59. The van der Waals surface area contributed by atoms with Gasteiger partial charge in [-0.2, -0.15) is 0 Å². The van der Waals surface area contributed by atoms with Crippen LogP contribution in [0.25, 0.3) is 0 Å². The van der Waals surface area contributed by atoms with Crippen LogP contribution in [0.1, 0.15) is 36.2 Å². The normalized spacial score (nSPS) is 13.3. The molecule has 3 aromatic rings. The number of aryl methyl sites for hydroxylation is 1. The van der Waals surface area contributed by atoms with Gasteiger partial charge in [-0.15, -0.1) is 11.3 Å². The van der Waals surface area contributed by atoms with Gasteiger partial charge < -0.3 is 14.8 Å². The van der Waals surface area contributed by atoms with Crippen LogP contribution in [0, 0.1) is 0 Å². The van der Waals surface area contributed by atoms with Crippen molar-refractivity contribution in [1.29, 1.82) is 0 Å². The molecule has 33 heavy (non-hydrogen) atoms. The Hall–Kier alpha value is -3.04. The molecule has 0 spiro atoms. The van der Waals surface area contributed by atoms with Gasteiger partial charge in [0.1, 0.15) is 4.21 Å². The van der Waals surface area contributed by atoms with E-state index >= 15 is 0 Å². The first-order valence-corrected chi connectivity index (χ1v) is 13.2. The summed E-state index contributed by atoms with van der Waals surface area (Å²) in [4.78, 5) is 12.9. The van der Waals surface area contributed by atoms with Gasteiger partial charge in [-0.3, -0.25) is 9.10 Å². The zero-order valence-electron chi connectivity index (χ0n) is 18.5. The number of sulfonamides is 1. The van der Waals surface area contributed by atoms with Crippen LogP contribution in [0.2, 0.25) is 0 Å². The van der Waals surface area contributed by atoms with E-state index in [0.29, 0.717) is 58.8 Å². The Balaban J connectivity index is 1.56. The Morgan fingerprint density at radius 2 is 1.85 bits per heavy atom. The summed E-state index contributed by atoms with van der Waals surface area (Å²) in [6, 6.07) is 13.8. The predicted molar refractivity (Wildman–Crippen MR) is 130 cm³/mol. The van der Waals surface area contributed by atoms with Gasteiger partial charge in [0.05, 0.1) is 18.9 Å². The maximum Gasteiger partial charge on any atom is 0.273 e. The van der Waals surface area contributed by atoms with E-state index in [0.717, 1.165) is 12.0 Å². The maximum absolute atomic E-state index is 13.1. The lowest BCUT2D eigenvalue weighted by Gasteiger charge is -2.30. The van der Waals surface area contributed by atoms with Crippen LogP contribution in [-0.2, 0) is 16.4 Å². The summed E-state index contributed by atoms with van der Waals surface area (Å²) in [5.74, 6) is 0.835. The third-order valence-corrected chi connectivity index (χ3v) is 8.44. The van der Waals surface area contributed by atoms with E-state index in [1.54, 1.807) is 47.8 Å². The number of thiophene rings is 1. The van der Waals surface area contributed by atoms with Crippen LogP contribution in [-0.4, -0.2) is 34.1 Å². The highest BCUT2D eigenvalue weighted by Gasteiger charge is 2.30. The number of rotatable bonds is 8. The van der Waals surface area contributed by atoms with Crippen molar-refractivity contribution < 1.29 is 22.7 Å². The molecular formula is C24H26N2O5S2. The summed E-state index contributed by atoms with van der Waals surface area (Å²) in [7, 11) is -3.59. The van der Waals surface area contributed by atoms with E-state index in [1.165, 1.54) is 15.6 Å². The highest BCUT2D eigenvalue weighted by molar-refractivity contribution is 7.94. The Morgan fingerprint density at radius 1 is 1.06 bits per heavy atom. The van der Waals surface area contributed by atoms with Gasteiger partial charge in [-0.1, -0.05) is 6.07 Å². The van der Waals surface area contributed by atoms with Gasteiger partial charge in [0.25, 0.3) is 15.9 Å². The summed E-state index contributed by atoms with van der Waals surface area (Å²) in [6.07, 6.45) is 1.46. The Kier molecular flexibility index (Phi) is 6.90. The zero-order chi connectivity index (χ0) is 23.4. The van der Waals surface area contributed by atoms with Gasteiger partial charge in [0.15, 0.2) is 11.5 Å². The number of fused-ring (bicyclic) bond motifs is 1. The van der Waals surface area contributed by atoms with Crippen LogP contribution in [0.5, 0.6) is 11.5 Å². The van der Waals surface area contributed by atoms with E-state index in [9.17, 15) is 13.2 Å². The lowest BCUT2D eigenvalue weighted by atomic mass is 10.0. The third kappa shape index (κ3) is 4.84. The topological polar surface area (TPSA) is 84.9 Å². The molecule has 1 aliphatic heterocycles. The molecule has 0 aliphatic carbocycles. The SMILES string of the molecule is CCOc1ccc(C(=O)Nc2ccc3c(c2)CCCN3S(=O)(=O)c2cccs2)cc1OCC. The zero-order valence-corrected chi connectivity index (χ0v) is 20.2. The molecule has 0 unspecified atom stereocenters. The highest BCUT2D eigenvalue weighted by atomic mass is 32.2. The highest BCUT2D eigenvalue weighted by Crippen LogP contribution is 2.35. The molecule has 2 aromatic carbocycles. The second-order valence-corrected chi connectivity index (χ2v) is 10.5. The number of anilines is 2. The number of carbonyl (C=O) groups is 1. The summed E-state index contributed by atoms with van der Waals surface area (Å²) < 4.78 is 39.1. The summed E-state index contributed by atoms with van der Waals surface area (Å²) in [6.45, 7) is 5.16. The van der Waals surface area contributed by atoms with E-state index in [2.05, 4.69) is 5.32 Å². The monoisotopic (exact) mass is 486 g/mol. The quantitative estimate of drug-likeness (QED) is 0.488. The van der Waals surface area contributed by atoms with E-state index in [1.807, 2.05) is 19.9 Å². The molecule has 4 rings (SSSR count). The van der Waals surface area contributed by atoms with E-state index < -0.39 is 10.0 Å². The number of carbonyl (C=O) groups excluding carboxylic acids is 1. The number of hydrogen-bond acceptors (Lipinski definition) is 6. The minimum absolute atomic E-state index is 0.280. The van der Waals surface area contributed by atoms with Crippen LogP contribution in [0.15, 0.2) is 58.1 Å². The van der Waals surface area contributed by atoms with Crippen molar-refractivity contribution >= 4 is 38.6 Å². The van der Waals surface area contributed by atoms with Crippen LogP contribution >= 0.6 is 11.3 Å². The smallest absolute Gasteiger partial charge is 0.273 e. The van der Waals surface area contributed by atoms with Crippen LogP contribution in [0.3, 0.4) is 0 Å². The van der Waals surface area contributed by atoms with Gasteiger partial charge in [0.2, 0.25) is 0 Å². The standard InChI is InChI=1S/C24H26N2O5S2/c1-3-30-21-12-9-18(16-22(21)31-4-2)24(27)25-19-10-11-20-17(15-19)7-5-13-26(20)33(28,29)23-8-6-14-32-23/h6,8-12,14-16H,3-5,7,13H2,1-2H3,(H,25,27). The first-order chi connectivity index (χ1) is 15.9. The summed E-state index contributed by atoms with van der Waals surface area (Å²) in [5, 5.41) is 4.67. The first-order valence-electron chi connectivity index (χ1n) is 10.8. The minimum Gasteiger partial charge on any atom is -0.490 e. The molecule has 0 saturated carbocycles. The molecule has 1 amide bonds. The fraction of sp³-hybridized carbons (Fsp3) is 0.292. The van der Waals surface area contributed by atoms with Crippen LogP contribution < -0.4 is 19.1 Å². The molecule has 1 aliphatic rings. The number of nitrogens with zero attached hydrogens (tertiary/aromatic N) is 1. The van der Waals surface area contributed by atoms with Crippen molar-refractivity contribution in [2.45, 2.75) is 30.9 Å². The first kappa shape index (κ1) is 23.1. The van der Waals surface area contributed by atoms with E-state index in [-0.39, 0.29) is 5.91 Å². The number of nitrogens with one attached hydrogen (secondary N) is 1. The van der Waals surface area contributed by atoms with Crippen LogP contribution in [0.4, 0.5) is 11.4 Å². The number of hydrogen-bond donors (Lipinski definition) is 1. The van der Waals surface area contributed by atoms with Gasteiger partial charge in [-0.05, 0) is 80.1 Å². The molecule has 2 heterocycles.